The Morgan fingerprint density at radius 2 is 2.08 bits per heavy atom. The van der Waals surface area contributed by atoms with Gasteiger partial charge in [-0.2, -0.15) is 0 Å². The monoisotopic (exact) mass is 165 g/mol. The van der Waals surface area contributed by atoms with Gasteiger partial charge in [-0.15, -0.1) is 11.8 Å². The Bertz CT molecular complexity index is 183. The molecule has 0 bridgehead atoms. The molecule has 1 saturated carbocycles. The van der Waals surface area contributed by atoms with E-state index in [9.17, 15) is 0 Å². The van der Waals surface area contributed by atoms with Gasteiger partial charge in [0.15, 0.2) is 0 Å². The van der Waals surface area contributed by atoms with E-state index in [0.29, 0.717) is 12.0 Å². The van der Waals surface area contributed by atoms with Crippen molar-refractivity contribution >= 4 is 0 Å². The lowest BCUT2D eigenvalue weighted by Crippen LogP contribution is -2.33. The van der Waals surface area contributed by atoms with Crippen molar-refractivity contribution in [1.29, 1.82) is 0 Å². The average molecular weight is 165 g/mol. The molecule has 1 fully saturated rings. The maximum absolute atomic E-state index is 3.59. The second kappa shape index (κ2) is 4.52. The van der Waals surface area contributed by atoms with Gasteiger partial charge in [0.1, 0.15) is 0 Å². The first-order valence-corrected chi connectivity index (χ1v) is 4.89. The van der Waals surface area contributed by atoms with Crippen LogP contribution in [0.25, 0.3) is 0 Å². The quantitative estimate of drug-likeness (QED) is 0.630. The molecule has 1 heteroatoms. The van der Waals surface area contributed by atoms with E-state index in [4.69, 9.17) is 0 Å². The standard InChI is InChI=1S/C11H19N/c1-4-5-6-9(2)10(3)12-11-7-8-11/h9-12H,6-8H2,1-3H3. The van der Waals surface area contributed by atoms with Crippen molar-refractivity contribution in [3.63, 3.8) is 0 Å². The Hall–Kier alpha value is -0.480. The molecule has 12 heavy (non-hydrogen) atoms. The second-order valence-electron chi connectivity index (χ2n) is 3.84. The first-order valence-electron chi connectivity index (χ1n) is 4.89. The Labute approximate surface area is 75.9 Å². The predicted molar refractivity (Wildman–Crippen MR) is 52.9 cm³/mol. The Kier molecular flexibility index (Phi) is 3.62. The molecule has 1 aliphatic carbocycles. The van der Waals surface area contributed by atoms with Gasteiger partial charge in [-0.1, -0.05) is 6.92 Å². The van der Waals surface area contributed by atoms with E-state index in [2.05, 4.69) is 31.0 Å². The maximum Gasteiger partial charge on any atom is 0.0129 e. The summed E-state index contributed by atoms with van der Waals surface area (Å²) in [5.74, 6) is 6.76. The summed E-state index contributed by atoms with van der Waals surface area (Å²) in [4.78, 5) is 0. The molecule has 1 nitrogen and oxygen atoms in total. The zero-order valence-electron chi connectivity index (χ0n) is 8.35. The van der Waals surface area contributed by atoms with Crippen molar-refractivity contribution in [2.45, 2.75) is 52.1 Å². The summed E-state index contributed by atoms with van der Waals surface area (Å²) in [7, 11) is 0. The molecule has 0 saturated heterocycles. The van der Waals surface area contributed by atoms with Crippen LogP contribution in [0.4, 0.5) is 0 Å². The normalized spacial score (nSPS) is 20.9. The van der Waals surface area contributed by atoms with Crippen LogP contribution >= 0.6 is 0 Å². The minimum Gasteiger partial charge on any atom is -0.311 e. The lowest BCUT2D eigenvalue weighted by atomic mass is 10.0. The highest BCUT2D eigenvalue weighted by Crippen LogP contribution is 2.21. The maximum atomic E-state index is 3.59. The van der Waals surface area contributed by atoms with Gasteiger partial charge in [0.05, 0.1) is 0 Å². The molecule has 2 atom stereocenters. The third-order valence-electron chi connectivity index (χ3n) is 2.53. The van der Waals surface area contributed by atoms with E-state index in [1.807, 2.05) is 6.92 Å². The van der Waals surface area contributed by atoms with E-state index in [1.165, 1.54) is 12.8 Å². The minimum absolute atomic E-state index is 0.623. The minimum atomic E-state index is 0.623. The third kappa shape index (κ3) is 3.28. The van der Waals surface area contributed by atoms with Crippen LogP contribution in [-0.4, -0.2) is 12.1 Å². The van der Waals surface area contributed by atoms with Crippen molar-refractivity contribution in [3.05, 3.63) is 0 Å². The van der Waals surface area contributed by atoms with E-state index >= 15 is 0 Å². The number of hydrogen-bond donors (Lipinski definition) is 1. The van der Waals surface area contributed by atoms with Crippen LogP contribution in [0.5, 0.6) is 0 Å². The molecule has 1 rings (SSSR count). The second-order valence-corrected chi connectivity index (χ2v) is 3.84. The fraction of sp³-hybridized carbons (Fsp3) is 0.818. The van der Waals surface area contributed by atoms with Gasteiger partial charge >= 0.3 is 0 Å². The average Bonchev–Trinajstić information content (AvgIpc) is 2.83. The molecule has 0 heterocycles. The van der Waals surface area contributed by atoms with Gasteiger partial charge in [-0.25, -0.2) is 0 Å². The summed E-state index contributed by atoms with van der Waals surface area (Å²) in [5.41, 5.74) is 0. The Balaban J connectivity index is 2.17. The van der Waals surface area contributed by atoms with Crippen LogP contribution < -0.4 is 5.32 Å². The van der Waals surface area contributed by atoms with Gasteiger partial charge in [-0.05, 0) is 32.6 Å². The molecule has 1 N–H and O–H groups in total. The van der Waals surface area contributed by atoms with E-state index < -0.39 is 0 Å². The van der Waals surface area contributed by atoms with Gasteiger partial charge in [0.2, 0.25) is 0 Å². The first-order chi connectivity index (χ1) is 5.74. The summed E-state index contributed by atoms with van der Waals surface area (Å²) in [6, 6.07) is 1.44. The third-order valence-corrected chi connectivity index (χ3v) is 2.53. The topological polar surface area (TPSA) is 12.0 Å². The van der Waals surface area contributed by atoms with Gasteiger partial charge in [0.25, 0.3) is 0 Å². The summed E-state index contributed by atoms with van der Waals surface area (Å²) in [5, 5.41) is 3.59. The summed E-state index contributed by atoms with van der Waals surface area (Å²) in [6.45, 7) is 6.44. The van der Waals surface area contributed by atoms with Crippen LogP contribution in [0.15, 0.2) is 0 Å². The van der Waals surface area contributed by atoms with Crippen molar-refractivity contribution in [2.75, 3.05) is 0 Å². The van der Waals surface area contributed by atoms with E-state index in [0.717, 1.165) is 12.5 Å². The van der Waals surface area contributed by atoms with Crippen LogP contribution in [0.2, 0.25) is 0 Å². The smallest absolute Gasteiger partial charge is 0.0129 e. The zero-order valence-corrected chi connectivity index (χ0v) is 8.35. The molecule has 68 valence electrons. The van der Waals surface area contributed by atoms with Crippen LogP contribution in [0.3, 0.4) is 0 Å². The SMILES string of the molecule is CC#CCC(C)C(C)NC1CC1. The summed E-state index contributed by atoms with van der Waals surface area (Å²) < 4.78 is 0. The largest absolute Gasteiger partial charge is 0.311 e. The Morgan fingerprint density at radius 1 is 1.42 bits per heavy atom. The fourth-order valence-corrected chi connectivity index (χ4v) is 1.23. The summed E-state index contributed by atoms with van der Waals surface area (Å²) in [6.07, 6.45) is 3.77. The molecule has 0 aromatic rings. The van der Waals surface area contributed by atoms with Gasteiger partial charge in [0, 0.05) is 18.5 Å². The van der Waals surface area contributed by atoms with Crippen molar-refractivity contribution in [3.8, 4) is 11.8 Å². The van der Waals surface area contributed by atoms with Crippen molar-refractivity contribution < 1.29 is 0 Å². The van der Waals surface area contributed by atoms with E-state index in [-0.39, 0.29) is 0 Å². The zero-order chi connectivity index (χ0) is 8.97. The summed E-state index contributed by atoms with van der Waals surface area (Å²) >= 11 is 0. The van der Waals surface area contributed by atoms with Crippen molar-refractivity contribution in [1.82, 2.24) is 5.32 Å². The highest BCUT2D eigenvalue weighted by molar-refractivity contribution is 4.97. The van der Waals surface area contributed by atoms with Crippen LogP contribution in [0.1, 0.15) is 40.0 Å². The number of hydrogen-bond acceptors (Lipinski definition) is 1. The van der Waals surface area contributed by atoms with Gasteiger partial charge < -0.3 is 5.32 Å². The van der Waals surface area contributed by atoms with Crippen molar-refractivity contribution in [2.24, 2.45) is 5.92 Å². The number of rotatable bonds is 4. The molecule has 0 amide bonds. The molecular formula is C11H19N. The molecule has 0 aromatic heterocycles. The fourth-order valence-electron chi connectivity index (χ4n) is 1.23. The molecule has 2 unspecified atom stereocenters. The van der Waals surface area contributed by atoms with Crippen LogP contribution in [0, 0.1) is 17.8 Å². The lowest BCUT2D eigenvalue weighted by molar-refractivity contribution is 0.404. The highest BCUT2D eigenvalue weighted by atomic mass is 15.0. The number of nitrogens with one attached hydrogen (secondary N) is 1. The molecule has 0 aliphatic heterocycles. The van der Waals surface area contributed by atoms with Crippen LogP contribution in [-0.2, 0) is 0 Å². The predicted octanol–water partition coefficient (Wildman–Crippen LogP) is 2.18. The molecule has 1 aliphatic rings. The Morgan fingerprint density at radius 3 is 2.58 bits per heavy atom. The van der Waals surface area contributed by atoms with Gasteiger partial charge in [-0.3, -0.25) is 0 Å². The molecule has 0 radical (unpaired) electrons. The molecule has 0 aromatic carbocycles. The molecular weight excluding hydrogens is 146 g/mol. The first kappa shape index (κ1) is 9.61. The molecule has 0 spiro atoms. The van der Waals surface area contributed by atoms with E-state index in [1.54, 1.807) is 0 Å². The lowest BCUT2D eigenvalue weighted by Gasteiger charge is -2.18. The highest BCUT2D eigenvalue weighted by Gasteiger charge is 2.24.